The van der Waals surface area contributed by atoms with Crippen LogP contribution < -0.4 is 5.32 Å². The number of nitrogens with one attached hydrogen (secondary N) is 1. The molecule has 1 heterocycles. The fourth-order valence-corrected chi connectivity index (χ4v) is 3.62. The van der Waals surface area contributed by atoms with Crippen molar-refractivity contribution in [3.05, 3.63) is 17.0 Å². The van der Waals surface area contributed by atoms with Crippen molar-refractivity contribution >= 4 is 17.7 Å². The molecule has 0 bridgehead atoms. The van der Waals surface area contributed by atoms with Crippen molar-refractivity contribution in [2.45, 2.75) is 82.7 Å². The van der Waals surface area contributed by atoms with Gasteiger partial charge in [-0.15, -0.1) is 0 Å². The number of aromatic nitrogens is 2. The van der Waals surface area contributed by atoms with Gasteiger partial charge in [-0.3, -0.25) is 4.79 Å². The molecule has 0 aromatic carbocycles. The molecule has 1 amide bonds. The van der Waals surface area contributed by atoms with E-state index in [1.54, 1.807) is 0 Å². The molecule has 1 atom stereocenters. The van der Waals surface area contributed by atoms with Crippen molar-refractivity contribution in [2.75, 3.05) is 0 Å². The normalized spacial score (nSPS) is 17.8. The van der Waals surface area contributed by atoms with Crippen LogP contribution in [0.3, 0.4) is 0 Å². The first-order valence-electron chi connectivity index (χ1n) is 8.26. The highest BCUT2D eigenvalue weighted by atomic mass is 32.2. The van der Waals surface area contributed by atoms with Crippen LogP contribution in [0.2, 0.25) is 0 Å². The van der Waals surface area contributed by atoms with Gasteiger partial charge in [-0.1, -0.05) is 37.4 Å². The van der Waals surface area contributed by atoms with Gasteiger partial charge in [0.1, 0.15) is 0 Å². The number of amides is 1. The standard InChI is InChI=1S/C17H27N3OS/c1-11-12(2)18-17(19-13(11)3)22-14(4)16(21)20-15-9-7-5-6-8-10-15/h14-15H,5-10H2,1-4H3,(H,20,21)/t14-/m1/s1. The van der Waals surface area contributed by atoms with Crippen molar-refractivity contribution in [1.82, 2.24) is 15.3 Å². The summed E-state index contributed by atoms with van der Waals surface area (Å²) >= 11 is 1.45. The zero-order chi connectivity index (χ0) is 16.1. The third-order valence-corrected chi connectivity index (χ3v) is 5.43. The molecule has 4 nitrogen and oxygen atoms in total. The maximum absolute atomic E-state index is 12.4. The van der Waals surface area contributed by atoms with Crippen molar-refractivity contribution < 1.29 is 4.79 Å². The maximum Gasteiger partial charge on any atom is 0.233 e. The van der Waals surface area contributed by atoms with Gasteiger partial charge in [-0.05, 0) is 46.1 Å². The lowest BCUT2D eigenvalue weighted by Crippen LogP contribution is -2.39. The minimum absolute atomic E-state index is 0.108. The fourth-order valence-electron chi connectivity index (χ4n) is 2.75. The Labute approximate surface area is 137 Å². The lowest BCUT2D eigenvalue weighted by atomic mass is 10.1. The molecule has 1 aliphatic rings. The molecule has 1 saturated carbocycles. The number of hydrogen-bond acceptors (Lipinski definition) is 4. The zero-order valence-corrected chi connectivity index (χ0v) is 14.9. The van der Waals surface area contributed by atoms with E-state index in [4.69, 9.17) is 0 Å². The second-order valence-electron chi connectivity index (χ2n) is 6.26. The van der Waals surface area contributed by atoms with Gasteiger partial charge in [0.2, 0.25) is 5.91 Å². The second-order valence-corrected chi connectivity index (χ2v) is 7.57. The van der Waals surface area contributed by atoms with Crippen LogP contribution in [0.15, 0.2) is 5.16 Å². The quantitative estimate of drug-likeness (QED) is 0.522. The van der Waals surface area contributed by atoms with Gasteiger partial charge in [0.15, 0.2) is 5.16 Å². The highest BCUT2D eigenvalue weighted by Gasteiger charge is 2.21. The summed E-state index contributed by atoms with van der Waals surface area (Å²) < 4.78 is 0. The van der Waals surface area contributed by atoms with Crippen LogP contribution in [0.4, 0.5) is 0 Å². The van der Waals surface area contributed by atoms with Gasteiger partial charge in [-0.25, -0.2) is 9.97 Å². The number of carbonyl (C=O) groups excluding carboxylic acids is 1. The third-order valence-electron chi connectivity index (χ3n) is 4.47. The first-order chi connectivity index (χ1) is 10.5. The molecule has 1 aromatic heterocycles. The SMILES string of the molecule is Cc1nc(S[C@H](C)C(=O)NC2CCCCCC2)nc(C)c1C. The highest BCUT2D eigenvalue weighted by molar-refractivity contribution is 8.00. The van der Waals surface area contributed by atoms with Crippen LogP contribution in [-0.4, -0.2) is 27.2 Å². The molecule has 0 spiro atoms. The summed E-state index contributed by atoms with van der Waals surface area (Å²) in [6, 6.07) is 0.348. The smallest absolute Gasteiger partial charge is 0.233 e. The minimum Gasteiger partial charge on any atom is -0.352 e. The van der Waals surface area contributed by atoms with Crippen LogP contribution in [0.5, 0.6) is 0 Å². The van der Waals surface area contributed by atoms with E-state index >= 15 is 0 Å². The third kappa shape index (κ3) is 4.70. The molecule has 1 aliphatic carbocycles. The minimum atomic E-state index is -0.162. The molecule has 0 saturated heterocycles. The molecule has 122 valence electrons. The Morgan fingerprint density at radius 1 is 1.09 bits per heavy atom. The summed E-state index contributed by atoms with van der Waals surface area (Å²) in [5.41, 5.74) is 3.11. The number of rotatable bonds is 4. The molecular formula is C17H27N3OS. The number of nitrogens with zero attached hydrogens (tertiary/aromatic N) is 2. The first-order valence-corrected chi connectivity index (χ1v) is 9.14. The van der Waals surface area contributed by atoms with Crippen LogP contribution in [0, 0.1) is 20.8 Å². The zero-order valence-electron chi connectivity index (χ0n) is 14.1. The Bertz CT molecular complexity index is 502. The molecule has 0 aliphatic heterocycles. The van der Waals surface area contributed by atoms with E-state index in [-0.39, 0.29) is 11.2 Å². The molecule has 1 N–H and O–H groups in total. The summed E-state index contributed by atoms with van der Waals surface area (Å²) in [4.78, 5) is 21.4. The largest absolute Gasteiger partial charge is 0.352 e. The average Bonchev–Trinajstić information content (AvgIpc) is 2.73. The molecule has 0 radical (unpaired) electrons. The Morgan fingerprint density at radius 3 is 2.18 bits per heavy atom. The summed E-state index contributed by atoms with van der Waals surface area (Å²) in [6.07, 6.45) is 7.28. The van der Waals surface area contributed by atoms with E-state index in [1.807, 2.05) is 27.7 Å². The summed E-state index contributed by atoms with van der Waals surface area (Å²) in [5, 5.41) is 3.74. The van der Waals surface area contributed by atoms with E-state index in [0.29, 0.717) is 11.2 Å². The van der Waals surface area contributed by atoms with E-state index in [1.165, 1.54) is 37.4 Å². The Hall–Kier alpha value is -1.10. The molecule has 2 rings (SSSR count). The Morgan fingerprint density at radius 2 is 1.64 bits per heavy atom. The van der Waals surface area contributed by atoms with Crippen molar-refractivity contribution in [3.63, 3.8) is 0 Å². The molecule has 22 heavy (non-hydrogen) atoms. The van der Waals surface area contributed by atoms with Gasteiger partial charge < -0.3 is 5.32 Å². The van der Waals surface area contributed by atoms with Gasteiger partial charge in [-0.2, -0.15) is 0 Å². The van der Waals surface area contributed by atoms with E-state index in [0.717, 1.165) is 29.8 Å². The Kier molecular flexibility index (Phi) is 6.24. The van der Waals surface area contributed by atoms with Gasteiger partial charge >= 0.3 is 0 Å². The highest BCUT2D eigenvalue weighted by Crippen LogP contribution is 2.23. The lowest BCUT2D eigenvalue weighted by molar-refractivity contribution is -0.121. The first kappa shape index (κ1) is 17.3. The Balaban J connectivity index is 1.93. The second kappa shape index (κ2) is 7.95. The van der Waals surface area contributed by atoms with Crippen molar-refractivity contribution in [2.24, 2.45) is 0 Å². The van der Waals surface area contributed by atoms with Gasteiger partial charge in [0, 0.05) is 17.4 Å². The molecular weight excluding hydrogens is 294 g/mol. The van der Waals surface area contributed by atoms with Crippen molar-refractivity contribution in [3.8, 4) is 0 Å². The van der Waals surface area contributed by atoms with Crippen LogP contribution in [0.1, 0.15) is 62.4 Å². The predicted octanol–water partition coefficient (Wildman–Crippen LogP) is 3.72. The van der Waals surface area contributed by atoms with E-state index in [2.05, 4.69) is 15.3 Å². The van der Waals surface area contributed by atoms with Crippen molar-refractivity contribution in [1.29, 1.82) is 0 Å². The number of carbonyl (C=O) groups is 1. The van der Waals surface area contributed by atoms with Crippen LogP contribution in [0.25, 0.3) is 0 Å². The van der Waals surface area contributed by atoms with Crippen LogP contribution in [-0.2, 0) is 4.79 Å². The molecule has 1 aromatic rings. The van der Waals surface area contributed by atoms with Gasteiger partial charge in [0.25, 0.3) is 0 Å². The van der Waals surface area contributed by atoms with Crippen LogP contribution >= 0.6 is 11.8 Å². The summed E-state index contributed by atoms with van der Waals surface area (Å²) in [7, 11) is 0. The molecule has 1 fully saturated rings. The predicted molar refractivity (Wildman–Crippen MR) is 91.2 cm³/mol. The maximum atomic E-state index is 12.4. The lowest BCUT2D eigenvalue weighted by Gasteiger charge is -2.19. The van der Waals surface area contributed by atoms with E-state index in [9.17, 15) is 4.79 Å². The summed E-state index contributed by atoms with van der Waals surface area (Å²) in [6.45, 7) is 7.95. The molecule has 5 heteroatoms. The van der Waals surface area contributed by atoms with E-state index < -0.39 is 0 Å². The fraction of sp³-hybridized carbons (Fsp3) is 0.706. The topological polar surface area (TPSA) is 54.9 Å². The van der Waals surface area contributed by atoms with Gasteiger partial charge in [0.05, 0.1) is 5.25 Å². The number of aryl methyl sites for hydroxylation is 2. The number of hydrogen-bond donors (Lipinski definition) is 1. The monoisotopic (exact) mass is 321 g/mol. The molecule has 0 unspecified atom stereocenters. The summed E-state index contributed by atoms with van der Waals surface area (Å²) in [5.74, 6) is 0.108. The number of thioether (sulfide) groups is 1. The average molecular weight is 321 g/mol.